The van der Waals surface area contributed by atoms with Gasteiger partial charge in [0.1, 0.15) is 0 Å². The second-order valence-electron chi connectivity index (χ2n) is 5.17. The van der Waals surface area contributed by atoms with Gasteiger partial charge in [0, 0.05) is 24.2 Å². The summed E-state index contributed by atoms with van der Waals surface area (Å²) in [5.41, 5.74) is 0. The van der Waals surface area contributed by atoms with Gasteiger partial charge in [-0.1, -0.05) is 18.5 Å². The summed E-state index contributed by atoms with van der Waals surface area (Å²) in [4.78, 5) is 0.323. The van der Waals surface area contributed by atoms with Crippen molar-refractivity contribution >= 4 is 21.4 Å². The molecule has 2 atom stereocenters. The van der Waals surface area contributed by atoms with Gasteiger partial charge in [-0.05, 0) is 36.6 Å². The first-order chi connectivity index (χ1) is 9.49. The third-order valence-corrected chi connectivity index (χ3v) is 5.57. The molecule has 0 saturated carbocycles. The molecule has 1 N–H and O–H groups in total. The fourth-order valence-electron chi connectivity index (χ4n) is 2.32. The molecule has 1 saturated heterocycles. The third-order valence-electron chi connectivity index (χ3n) is 3.59. The van der Waals surface area contributed by atoms with Crippen LogP contribution in [0.25, 0.3) is 0 Å². The normalized spacial score (nSPS) is 23.7. The Morgan fingerprint density at radius 1 is 1.35 bits per heavy atom. The average molecular weight is 318 g/mol. The molecular weight excluding hydrogens is 298 g/mol. The number of ether oxygens (including phenoxy) is 1. The number of rotatable bonds is 5. The van der Waals surface area contributed by atoms with E-state index in [0.29, 0.717) is 28.4 Å². The second kappa shape index (κ2) is 6.89. The van der Waals surface area contributed by atoms with Crippen LogP contribution >= 0.6 is 11.6 Å². The quantitative estimate of drug-likeness (QED) is 0.904. The Kier molecular flexibility index (Phi) is 5.43. The van der Waals surface area contributed by atoms with Crippen molar-refractivity contribution in [3.05, 3.63) is 29.3 Å². The van der Waals surface area contributed by atoms with Crippen molar-refractivity contribution in [2.45, 2.75) is 24.3 Å². The minimum absolute atomic E-state index is 0.0959. The molecule has 20 heavy (non-hydrogen) atoms. The van der Waals surface area contributed by atoms with Gasteiger partial charge in [-0.25, -0.2) is 8.42 Å². The molecule has 6 heteroatoms. The van der Waals surface area contributed by atoms with E-state index in [1.165, 1.54) is 0 Å². The molecule has 1 fully saturated rings. The molecule has 1 aromatic carbocycles. The van der Waals surface area contributed by atoms with Crippen LogP contribution in [0.3, 0.4) is 0 Å². The van der Waals surface area contributed by atoms with Gasteiger partial charge in [0.15, 0.2) is 9.84 Å². The summed E-state index contributed by atoms with van der Waals surface area (Å²) in [5.74, 6) is 0.514. The molecule has 1 aromatic rings. The predicted molar refractivity (Wildman–Crippen MR) is 79.9 cm³/mol. The van der Waals surface area contributed by atoms with Gasteiger partial charge in [0.2, 0.25) is 0 Å². The molecule has 1 aliphatic rings. The lowest BCUT2D eigenvalue weighted by atomic mass is 9.98. The van der Waals surface area contributed by atoms with Crippen LogP contribution in [0, 0.1) is 5.92 Å². The molecule has 2 rings (SSSR count). The molecule has 1 aliphatic heterocycles. The standard InChI is InChI=1S/C14H20ClNO3S/c1-11-10-19-8-6-14(11)16-7-9-20(17,18)13-4-2-12(15)3-5-13/h2-5,11,14,16H,6-10H2,1H3. The summed E-state index contributed by atoms with van der Waals surface area (Å²) in [6.45, 7) is 4.05. The zero-order valence-electron chi connectivity index (χ0n) is 11.5. The van der Waals surface area contributed by atoms with Crippen LogP contribution in [-0.4, -0.2) is 40.0 Å². The van der Waals surface area contributed by atoms with Gasteiger partial charge in [-0.3, -0.25) is 0 Å². The van der Waals surface area contributed by atoms with Crippen LogP contribution in [0.15, 0.2) is 29.2 Å². The first kappa shape index (κ1) is 15.8. The fourth-order valence-corrected chi connectivity index (χ4v) is 3.62. The largest absolute Gasteiger partial charge is 0.381 e. The average Bonchev–Trinajstić information content (AvgIpc) is 2.41. The van der Waals surface area contributed by atoms with Crippen LogP contribution in [0.1, 0.15) is 13.3 Å². The second-order valence-corrected chi connectivity index (χ2v) is 7.72. The van der Waals surface area contributed by atoms with Crippen LogP contribution in [0.2, 0.25) is 5.02 Å². The number of sulfone groups is 1. The smallest absolute Gasteiger partial charge is 0.179 e. The highest BCUT2D eigenvalue weighted by Gasteiger charge is 2.22. The van der Waals surface area contributed by atoms with Gasteiger partial charge in [0.05, 0.1) is 17.3 Å². The fraction of sp³-hybridized carbons (Fsp3) is 0.571. The summed E-state index contributed by atoms with van der Waals surface area (Å²) in [7, 11) is -3.25. The molecule has 4 nitrogen and oxygen atoms in total. The highest BCUT2D eigenvalue weighted by Crippen LogP contribution is 2.16. The summed E-state index contributed by atoms with van der Waals surface area (Å²) < 4.78 is 29.7. The zero-order chi connectivity index (χ0) is 14.6. The molecule has 0 spiro atoms. The molecule has 1 heterocycles. The number of benzene rings is 1. The zero-order valence-corrected chi connectivity index (χ0v) is 13.1. The molecular formula is C14H20ClNO3S. The Bertz CT molecular complexity index is 530. The van der Waals surface area contributed by atoms with Crippen molar-refractivity contribution in [2.24, 2.45) is 5.92 Å². The van der Waals surface area contributed by atoms with E-state index in [4.69, 9.17) is 16.3 Å². The Labute approximate surface area is 125 Å². The Balaban J connectivity index is 1.87. The van der Waals surface area contributed by atoms with E-state index >= 15 is 0 Å². The molecule has 0 aliphatic carbocycles. The molecule has 0 radical (unpaired) electrons. The topological polar surface area (TPSA) is 55.4 Å². The lowest BCUT2D eigenvalue weighted by molar-refractivity contribution is 0.0397. The third kappa shape index (κ3) is 4.19. The Morgan fingerprint density at radius 2 is 2.05 bits per heavy atom. The van der Waals surface area contributed by atoms with E-state index in [2.05, 4.69) is 12.2 Å². The monoisotopic (exact) mass is 317 g/mol. The first-order valence-corrected chi connectivity index (χ1v) is 8.81. The van der Waals surface area contributed by atoms with Crippen molar-refractivity contribution in [1.29, 1.82) is 0 Å². The van der Waals surface area contributed by atoms with Gasteiger partial charge >= 0.3 is 0 Å². The summed E-state index contributed by atoms with van der Waals surface area (Å²) in [6.07, 6.45) is 0.933. The molecule has 0 bridgehead atoms. The van der Waals surface area contributed by atoms with E-state index in [0.717, 1.165) is 19.6 Å². The predicted octanol–water partition coefficient (Wildman–Crippen LogP) is 2.13. The molecule has 0 amide bonds. The minimum Gasteiger partial charge on any atom is -0.381 e. The van der Waals surface area contributed by atoms with E-state index < -0.39 is 9.84 Å². The molecule has 2 unspecified atom stereocenters. The lowest BCUT2D eigenvalue weighted by Gasteiger charge is -2.29. The van der Waals surface area contributed by atoms with E-state index in [9.17, 15) is 8.42 Å². The SMILES string of the molecule is CC1COCCC1NCCS(=O)(=O)c1ccc(Cl)cc1. The van der Waals surface area contributed by atoms with Gasteiger partial charge in [-0.2, -0.15) is 0 Å². The summed E-state index contributed by atoms with van der Waals surface area (Å²) in [6, 6.07) is 6.64. The van der Waals surface area contributed by atoms with Crippen LogP contribution in [0.4, 0.5) is 0 Å². The maximum Gasteiger partial charge on any atom is 0.179 e. The lowest BCUT2D eigenvalue weighted by Crippen LogP contribution is -2.43. The van der Waals surface area contributed by atoms with Gasteiger partial charge in [-0.15, -0.1) is 0 Å². The number of nitrogens with one attached hydrogen (secondary N) is 1. The van der Waals surface area contributed by atoms with Gasteiger partial charge in [0.25, 0.3) is 0 Å². The van der Waals surface area contributed by atoms with E-state index in [1.54, 1.807) is 24.3 Å². The first-order valence-electron chi connectivity index (χ1n) is 6.78. The summed E-state index contributed by atoms with van der Waals surface area (Å²) >= 11 is 5.76. The number of hydrogen-bond acceptors (Lipinski definition) is 4. The van der Waals surface area contributed by atoms with Crippen molar-refractivity contribution in [1.82, 2.24) is 5.32 Å². The highest BCUT2D eigenvalue weighted by molar-refractivity contribution is 7.91. The number of halogens is 1. The molecule has 0 aromatic heterocycles. The van der Waals surface area contributed by atoms with Crippen molar-refractivity contribution in [3.63, 3.8) is 0 Å². The maximum absolute atomic E-state index is 12.2. The van der Waals surface area contributed by atoms with Gasteiger partial charge < -0.3 is 10.1 Å². The Hall–Kier alpha value is -0.620. The van der Waals surface area contributed by atoms with Crippen LogP contribution in [-0.2, 0) is 14.6 Å². The van der Waals surface area contributed by atoms with Crippen molar-refractivity contribution in [3.8, 4) is 0 Å². The van der Waals surface area contributed by atoms with Crippen LogP contribution < -0.4 is 5.32 Å². The summed E-state index contributed by atoms with van der Waals surface area (Å²) in [5, 5.41) is 3.86. The Morgan fingerprint density at radius 3 is 2.70 bits per heavy atom. The van der Waals surface area contributed by atoms with E-state index in [-0.39, 0.29) is 5.75 Å². The molecule has 112 valence electrons. The minimum atomic E-state index is -3.25. The van der Waals surface area contributed by atoms with Crippen molar-refractivity contribution < 1.29 is 13.2 Å². The van der Waals surface area contributed by atoms with Crippen LogP contribution in [0.5, 0.6) is 0 Å². The number of hydrogen-bond donors (Lipinski definition) is 1. The van der Waals surface area contributed by atoms with E-state index in [1.807, 2.05) is 0 Å². The highest BCUT2D eigenvalue weighted by atomic mass is 35.5. The maximum atomic E-state index is 12.2. The van der Waals surface area contributed by atoms with Crippen molar-refractivity contribution in [2.75, 3.05) is 25.5 Å².